The highest BCUT2D eigenvalue weighted by molar-refractivity contribution is 7.89. The number of amides is 1. The van der Waals surface area contributed by atoms with Crippen LogP contribution in [0.3, 0.4) is 0 Å². The van der Waals surface area contributed by atoms with Gasteiger partial charge in [0.1, 0.15) is 5.75 Å². The molecule has 0 fully saturated rings. The number of hydrogen-bond acceptors (Lipinski definition) is 4. The summed E-state index contributed by atoms with van der Waals surface area (Å²) in [5.41, 5.74) is 3.08. The Bertz CT molecular complexity index is 1180. The van der Waals surface area contributed by atoms with Crippen molar-refractivity contribution in [2.75, 3.05) is 25.0 Å². The van der Waals surface area contributed by atoms with Crippen LogP contribution in [-0.2, 0) is 21.2 Å². The van der Waals surface area contributed by atoms with Crippen molar-refractivity contribution in [2.24, 2.45) is 0 Å². The van der Waals surface area contributed by atoms with Gasteiger partial charge in [-0.3, -0.25) is 4.79 Å². The molecule has 0 atom stereocenters. The van der Waals surface area contributed by atoms with Crippen molar-refractivity contribution in [3.05, 3.63) is 89.5 Å². The maximum atomic E-state index is 13.6. The van der Waals surface area contributed by atoms with Crippen LogP contribution in [0.15, 0.2) is 77.7 Å². The molecule has 174 valence electrons. The van der Waals surface area contributed by atoms with Crippen LogP contribution in [-0.4, -0.2) is 38.3 Å². The molecular weight excluding hydrogens is 436 g/mol. The van der Waals surface area contributed by atoms with Crippen LogP contribution in [0.5, 0.6) is 5.75 Å². The third-order valence-corrected chi connectivity index (χ3v) is 7.21. The van der Waals surface area contributed by atoms with Crippen LogP contribution in [0.1, 0.15) is 23.6 Å². The van der Waals surface area contributed by atoms with Crippen molar-refractivity contribution in [1.82, 2.24) is 4.31 Å². The number of ether oxygens (including phenoxy) is 1. The molecule has 6 nitrogen and oxygen atoms in total. The van der Waals surface area contributed by atoms with Gasteiger partial charge in [0.15, 0.2) is 0 Å². The van der Waals surface area contributed by atoms with E-state index in [1.807, 2.05) is 50.2 Å². The second-order valence-electron chi connectivity index (χ2n) is 7.85. The SMILES string of the molecule is CCOc1ccc(NC(=O)CN(CCc2ccccc2)S(=O)(=O)c2cc(C)ccc2C)cc1. The standard InChI is InChI=1S/C26H30N2O4S/c1-4-32-24-14-12-23(13-15-24)27-26(29)19-28(17-16-22-8-6-5-7-9-22)33(30,31)25-18-20(2)10-11-21(25)3/h5-15,18H,4,16-17,19H2,1-3H3,(H,27,29). The Morgan fingerprint density at radius 1 is 0.970 bits per heavy atom. The molecule has 7 heteroatoms. The zero-order valence-electron chi connectivity index (χ0n) is 19.2. The number of sulfonamides is 1. The second kappa shape index (κ2) is 11.1. The van der Waals surface area contributed by atoms with Crippen molar-refractivity contribution in [3.63, 3.8) is 0 Å². The summed E-state index contributed by atoms with van der Waals surface area (Å²) in [5.74, 6) is 0.304. The summed E-state index contributed by atoms with van der Waals surface area (Å²) in [5, 5.41) is 2.79. The quantitative estimate of drug-likeness (QED) is 0.475. The van der Waals surface area contributed by atoms with Gasteiger partial charge >= 0.3 is 0 Å². The van der Waals surface area contributed by atoms with E-state index in [9.17, 15) is 13.2 Å². The lowest BCUT2D eigenvalue weighted by Crippen LogP contribution is -2.39. The number of benzene rings is 3. The molecule has 3 rings (SSSR count). The lowest BCUT2D eigenvalue weighted by molar-refractivity contribution is -0.116. The maximum Gasteiger partial charge on any atom is 0.243 e. The van der Waals surface area contributed by atoms with E-state index in [4.69, 9.17) is 4.74 Å². The lowest BCUT2D eigenvalue weighted by Gasteiger charge is -2.23. The van der Waals surface area contributed by atoms with Gasteiger partial charge in [-0.25, -0.2) is 8.42 Å². The molecule has 3 aromatic carbocycles. The molecule has 0 aromatic heterocycles. The lowest BCUT2D eigenvalue weighted by atomic mass is 10.1. The fraction of sp³-hybridized carbons (Fsp3) is 0.269. The summed E-state index contributed by atoms with van der Waals surface area (Å²) in [6, 6.07) is 22.0. The summed E-state index contributed by atoms with van der Waals surface area (Å²) in [7, 11) is -3.87. The normalized spacial score (nSPS) is 11.4. The molecule has 3 aromatic rings. The zero-order valence-corrected chi connectivity index (χ0v) is 20.1. The van der Waals surface area contributed by atoms with Crippen LogP contribution in [0.25, 0.3) is 0 Å². The molecule has 0 spiro atoms. The van der Waals surface area contributed by atoms with E-state index in [1.165, 1.54) is 4.31 Å². The predicted molar refractivity (Wildman–Crippen MR) is 131 cm³/mol. The second-order valence-corrected chi connectivity index (χ2v) is 9.76. The molecule has 0 bridgehead atoms. The van der Waals surface area contributed by atoms with Crippen LogP contribution >= 0.6 is 0 Å². The fourth-order valence-electron chi connectivity index (χ4n) is 3.47. The summed E-state index contributed by atoms with van der Waals surface area (Å²) < 4.78 is 33.8. The van der Waals surface area contributed by atoms with E-state index in [-0.39, 0.29) is 18.0 Å². The minimum absolute atomic E-state index is 0.191. The predicted octanol–water partition coefficient (Wildman–Crippen LogP) is 4.57. The topological polar surface area (TPSA) is 75.7 Å². The van der Waals surface area contributed by atoms with Crippen molar-refractivity contribution >= 4 is 21.6 Å². The molecule has 1 N–H and O–H groups in total. The number of nitrogens with zero attached hydrogens (tertiary/aromatic N) is 1. The third-order valence-electron chi connectivity index (χ3n) is 5.22. The van der Waals surface area contributed by atoms with E-state index in [1.54, 1.807) is 43.3 Å². The van der Waals surface area contributed by atoms with Crippen LogP contribution in [0.2, 0.25) is 0 Å². The van der Waals surface area contributed by atoms with E-state index < -0.39 is 15.9 Å². The smallest absolute Gasteiger partial charge is 0.243 e. The van der Waals surface area contributed by atoms with Crippen LogP contribution in [0, 0.1) is 13.8 Å². The Kier molecular flexibility index (Phi) is 8.25. The van der Waals surface area contributed by atoms with Gasteiger partial charge in [-0.1, -0.05) is 42.5 Å². The first-order chi connectivity index (χ1) is 15.8. The first kappa shape index (κ1) is 24.5. The Hall–Kier alpha value is -3.16. The monoisotopic (exact) mass is 466 g/mol. The van der Waals surface area contributed by atoms with Gasteiger partial charge < -0.3 is 10.1 Å². The number of carbonyl (C=O) groups excluding carboxylic acids is 1. The van der Waals surface area contributed by atoms with Crippen LogP contribution < -0.4 is 10.1 Å². The van der Waals surface area contributed by atoms with Crippen molar-refractivity contribution in [3.8, 4) is 5.75 Å². The van der Waals surface area contributed by atoms with Gasteiger partial charge in [-0.05, 0) is 74.2 Å². The minimum atomic E-state index is -3.87. The number of carbonyl (C=O) groups is 1. The van der Waals surface area contributed by atoms with Gasteiger partial charge in [-0.15, -0.1) is 0 Å². The molecule has 0 saturated carbocycles. The highest BCUT2D eigenvalue weighted by Crippen LogP contribution is 2.22. The molecule has 0 aliphatic rings. The first-order valence-electron chi connectivity index (χ1n) is 10.9. The van der Waals surface area contributed by atoms with Gasteiger partial charge in [0.25, 0.3) is 0 Å². The Morgan fingerprint density at radius 2 is 1.67 bits per heavy atom. The van der Waals surface area contributed by atoms with Crippen LogP contribution in [0.4, 0.5) is 5.69 Å². The molecule has 0 radical (unpaired) electrons. The average Bonchev–Trinajstić information content (AvgIpc) is 2.80. The van der Waals surface area contributed by atoms with E-state index in [0.717, 1.165) is 11.1 Å². The summed E-state index contributed by atoms with van der Waals surface area (Å²) in [6.45, 7) is 5.98. The summed E-state index contributed by atoms with van der Waals surface area (Å²) in [4.78, 5) is 13.1. The van der Waals surface area contributed by atoms with Gasteiger partial charge in [0.2, 0.25) is 15.9 Å². The largest absolute Gasteiger partial charge is 0.494 e. The molecule has 0 aliphatic carbocycles. The third kappa shape index (κ3) is 6.66. The molecule has 0 aliphatic heterocycles. The molecule has 0 unspecified atom stereocenters. The van der Waals surface area contributed by atoms with Crippen molar-refractivity contribution in [2.45, 2.75) is 32.1 Å². The summed E-state index contributed by atoms with van der Waals surface area (Å²) in [6.07, 6.45) is 0.501. The van der Waals surface area contributed by atoms with E-state index in [2.05, 4.69) is 5.32 Å². The molecule has 0 saturated heterocycles. The maximum absolute atomic E-state index is 13.6. The molecular formula is C26H30N2O4S. The Balaban J connectivity index is 1.81. The number of rotatable bonds is 10. The van der Waals surface area contributed by atoms with Gasteiger partial charge in [0.05, 0.1) is 18.0 Å². The highest BCUT2D eigenvalue weighted by Gasteiger charge is 2.28. The molecule has 0 heterocycles. The Morgan fingerprint density at radius 3 is 2.33 bits per heavy atom. The molecule has 1 amide bonds. The first-order valence-corrected chi connectivity index (χ1v) is 12.4. The number of aryl methyl sites for hydroxylation is 2. The van der Waals surface area contributed by atoms with Crippen molar-refractivity contribution < 1.29 is 17.9 Å². The fourth-order valence-corrected chi connectivity index (χ4v) is 5.18. The number of nitrogens with one attached hydrogen (secondary N) is 1. The average molecular weight is 467 g/mol. The van der Waals surface area contributed by atoms with Gasteiger partial charge in [-0.2, -0.15) is 4.31 Å². The minimum Gasteiger partial charge on any atom is -0.494 e. The van der Waals surface area contributed by atoms with E-state index in [0.29, 0.717) is 30.0 Å². The zero-order chi connectivity index (χ0) is 23.8. The number of hydrogen-bond donors (Lipinski definition) is 1. The Labute approximate surface area is 196 Å². The molecule has 33 heavy (non-hydrogen) atoms. The van der Waals surface area contributed by atoms with Crippen molar-refractivity contribution in [1.29, 1.82) is 0 Å². The highest BCUT2D eigenvalue weighted by atomic mass is 32.2. The van der Waals surface area contributed by atoms with E-state index >= 15 is 0 Å². The van der Waals surface area contributed by atoms with Gasteiger partial charge in [0, 0.05) is 12.2 Å². The summed E-state index contributed by atoms with van der Waals surface area (Å²) >= 11 is 0. The number of anilines is 1.